The van der Waals surface area contributed by atoms with Gasteiger partial charge in [0, 0.05) is 6.54 Å². The number of allylic oxidation sites excluding steroid dienone is 2. The van der Waals surface area contributed by atoms with Gasteiger partial charge < -0.3 is 4.84 Å². The Labute approximate surface area is 114 Å². The summed E-state index contributed by atoms with van der Waals surface area (Å²) in [5.41, 5.74) is 0.572. The fourth-order valence-electron chi connectivity index (χ4n) is 2.03. The maximum atomic E-state index is 12.0. The Morgan fingerprint density at radius 2 is 2.11 bits per heavy atom. The first-order valence-electron chi connectivity index (χ1n) is 6.55. The molecule has 0 aromatic heterocycles. The molecule has 0 N–H and O–H groups in total. The van der Waals surface area contributed by atoms with Gasteiger partial charge >= 0.3 is 5.97 Å². The molecule has 2 rings (SSSR count). The first-order chi connectivity index (χ1) is 9.20. The molecule has 0 radical (unpaired) electrons. The topological polar surface area (TPSA) is 29.5 Å². The minimum absolute atomic E-state index is 0.0811. The molecule has 3 nitrogen and oxygen atoms in total. The molecule has 1 aromatic carbocycles. The van der Waals surface area contributed by atoms with E-state index in [1.54, 1.807) is 17.2 Å². The van der Waals surface area contributed by atoms with E-state index in [0.29, 0.717) is 18.0 Å². The van der Waals surface area contributed by atoms with Crippen molar-refractivity contribution in [2.45, 2.75) is 19.4 Å². The van der Waals surface area contributed by atoms with Gasteiger partial charge in [0.1, 0.15) is 0 Å². The predicted molar refractivity (Wildman–Crippen MR) is 75.5 cm³/mol. The van der Waals surface area contributed by atoms with Crippen LogP contribution in [0.25, 0.3) is 0 Å². The summed E-state index contributed by atoms with van der Waals surface area (Å²) in [4.78, 5) is 17.5. The van der Waals surface area contributed by atoms with Crippen molar-refractivity contribution < 1.29 is 9.63 Å². The number of hydroxylamine groups is 2. The van der Waals surface area contributed by atoms with E-state index < -0.39 is 0 Å². The molecule has 0 saturated heterocycles. The zero-order valence-electron chi connectivity index (χ0n) is 11.2. The minimum Gasteiger partial charge on any atom is -0.363 e. The van der Waals surface area contributed by atoms with Crippen molar-refractivity contribution in [3.05, 3.63) is 60.7 Å². The zero-order valence-corrected chi connectivity index (χ0v) is 11.2. The molecule has 0 amide bonds. The second-order valence-electron chi connectivity index (χ2n) is 4.70. The molecule has 0 spiro atoms. The molecule has 100 valence electrons. The number of hydrogen-bond acceptors (Lipinski definition) is 3. The van der Waals surface area contributed by atoms with Gasteiger partial charge in [-0.2, -0.15) is 0 Å². The minimum atomic E-state index is -0.307. The summed E-state index contributed by atoms with van der Waals surface area (Å²) >= 11 is 0. The van der Waals surface area contributed by atoms with Crippen LogP contribution in [0.1, 0.15) is 23.7 Å². The Kier molecular flexibility index (Phi) is 4.53. The predicted octanol–water partition coefficient (Wildman–Crippen LogP) is 3.21. The number of rotatable bonds is 3. The van der Waals surface area contributed by atoms with Gasteiger partial charge in [-0.25, -0.2) is 4.79 Å². The average Bonchev–Trinajstić information content (AvgIpc) is 2.62. The van der Waals surface area contributed by atoms with Gasteiger partial charge in [0.25, 0.3) is 0 Å². The average molecular weight is 257 g/mol. The summed E-state index contributed by atoms with van der Waals surface area (Å²) in [6.45, 7) is 6.53. The van der Waals surface area contributed by atoms with E-state index in [4.69, 9.17) is 4.84 Å². The largest absolute Gasteiger partial charge is 0.363 e. The lowest BCUT2D eigenvalue weighted by Gasteiger charge is -2.24. The zero-order chi connectivity index (χ0) is 13.7. The van der Waals surface area contributed by atoms with Gasteiger partial charge in [-0.3, -0.25) is 0 Å². The van der Waals surface area contributed by atoms with Crippen molar-refractivity contribution in [2.24, 2.45) is 5.92 Å². The van der Waals surface area contributed by atoms with E-state index in [1.807, 2.05) is 31.2 Å². The summed E-state index contributed by atoms with van der Waals surface area (Å²) in [5.74, 6) is 0.0424. The Hall–Kier alpha value is -1.87. The van der Waals surface area contributed by atoms with Gasteiger partial charge in [0.2, 0.25) is 0 Å². The molecule has 2 atom stereocenters. The summed E-state index contributed by atoms with van der Waals surface area (Å²) in [7, 11) is 0. The van der Waals surface area contributed by atoms with E-state index in [0.717, 1.165) is 6.42 Å². The third kappa shape index (κ3) is 3.55. The van der Waals surface area contributed by atoms with Crippen LogP contribution in [-0.4, -0.2) is 23.6 Å². The molecule has 1 aliphatic heterocycles. The lowest BCUT2D eigenvalue weighted by atomic mass is 10.1. The normalized spacial score (nSPS) is 23.6. The number of carbonyl (C=O) groups is 1. The van der Waals surface area contributed by atoms with Crippen molar-refractivity contribution in [2.75, 3.05) is 6.54 Å². The molecule has 0 saturated carbocycles. The molecule has 0 bridgehead atoms. The fourth-order valence-corrected chi connectivity index (χ4v) is 2.03. The highest BCUT2D eigenvalue weighted by atomic mass is 16.7. The maximum Gasteiger partial charge on any atom is 0.357 e. The molecule has 1 heterocycles. The number of hydrogen-bond donors (Lipinski definition) is 0. The Bertz CT molecular complexity index is 467. The third-order valence-electron chi connectivity index (χ3n) is 3.29. The second-order valence-corrected chi connectivity index (χ2v) is 4.70. The van der Waals surface area contributed by atoms with Crippen LogP contribution in [0.2, 0.25) is 0 Å². The number of nitrogens with zero attached hydrogens (tertiary/aromatic N) is 1. The van der Waals surface area contributed by atoms with Gasteiger partial charge in [-0.05, 0) is 31.4 Å². The van der Waals surface area contributed by atoms with E-state index in [1.165, 1.54) is 0 Å². The Balaban J connectivity index is 2.01. The van der Waals surface area contributed by atoms with Crippen LogP contribution in [0.4, 0.5) is 0 Å². The van der Waals surface area contributed by atoms with Crippen LogP contribution < -0.4 is 0 Å². The van der Waals surface area contributed by atoms with Crippen molar-refractivity contribution in [1.82, 2.24) is 5.06 Å². The fraction of sp³-hybridized carbons (Fsp3) is 0.312. The van der Waals surface area contributed by atoms with Crippen LogP contribution in [0.5, 0.6) is 0 Å². The molecule has 1 aliphatic rings. The molecule has 0 fully saturated rings. The highest BCUT2D eigenvalue weighted by Crippen LogP contribution is 2.17. The maximum absolute atomic E-state index is 12.0. The summed E-state index contributed by atoms with van der Waals surface area (Å²) in [5, 5.41) is 1.73. The Morgan fingerprint density at radius 1 is 1.37 bits per heavy atom. The highest BCUT2D eigenvalue weighted by molar-refractivity contribution is 5.89. The van der Waals surface area contributed by atoms with Crippen LogP contribution in [0.3, 0.4) is 0 Å². The first kappa shape index (κ1) is 13.6. The second kappa shape index (κ2) is 6.34. The lowest BCUT2D eigenvalue weighted by molar-refractivity contribution is -0.123. The molecule has 0 aliphatic carbocycles. The van der Waals surface area contributed by atoms with Crippen molar-refractivity contribution >= 4 is 5.97 Å². The molecule has 1 aromatic rings. The highest BCUT2D eigenvalue weighted by Gasteiger charge is 2.21. The van der Waals surface area contributed by atoms with Crippen LogP contribution in [-0.2, 0) is 4.84 Å². The van der Waals surface area contributed by atoms with E-state index in [-0.39, 0.29) is 12.0 Å². The SMILES string of the molecule is C=C[C@H]1C=C[C@H](C)N(OC(=O)c2ccccc2)CC1. The quantitative estimate of drug-likeness (QED) is 0.779. The third-order valence-corrected chi connectivity index (χ3v) is 3.29. The summed E-state index contributed by atoms with van der Waals surface area (Å²) in [6, 6.07) is 9.13. The molecule has 3 heteroatoms. The molecule has 19 heavy (non-hydrogen) atoms. The van der Waals surface area contributed by atoms with Gasteiger partial charge in [-0.1, -0.05) is 36.4 Å². The molecular weight excluding hydrogens is 238 g/mol. The number of carbonyl (C=O) groups excluding carboxylic acids is 1. The van der Waals surface area contributed by atoms with Crippen LogP contribution >= 0.6 is 0 Å². The summed E-state index contributed by atoms with van der Waals surface area (Å²) in [6.07, 6.45) is 7.00. The van der Waals surface area contributed by atoms with E-state index in [2.05, 4.69) is 18.7 Å². The van der Waals surface area contributed by atoms with Gasteiger partial charge in [0.15, 0.2) is 0 Å². The van der Waals surface area contributed by atoms with E-state index in [9.17, 15) is 4.79 Å². The molecular formula is C16H19NO2. The number of benzene rings is 1. The smallest absolute Gasteiger partial charge is 0.357 e. The van der Waals surface area contributed by atoms with Crippen molar-refractivity contribution in [3.8, 4) is 0 Å². The van der Waals surface area contributed by atoms with Gasteiger partial charge in [-0.15, -0.1) is 11.6 Å². The first-order valence-corrected chi connectivity index (χ1v) is 6.55. The van der Waals surface area contributed by atoms with Crippen molar-refractivity contribution in [3.63, 3.8) is 0 Å². The van der Waals surface area contributed by atoms with E-state index >= 15 is 0 Å². The molecule has 0 unspecified atom stereocenters. The van der Waals surface area contributed by atoms with Gasteiger partial charge in [0.05, 0.1) is 11.6 Å². The van der Waals surface area contributed by atoms with Crippen molar-refractivity contribution in [1.29, 1.82) is 0 Å². The van der Waals surface area contributed by atoms with Crippen LogP contribution in [0, 0.1) is 5.92 Å². The van der Waals surface area contributed by atoms with Crippen LogP contribution in [0.15, 0.2) is 55.1 Å². The lowest BCUT2D eigenvalue weighted by Crippen LogP contribution is -2.34. The monoisotopic (exact) mass is 257 g/mol. The standard InChI is InChI=1S/C16H19NO2/c1-3-14-10-9-13(2)17(12-11-14)19-16(18)15-7-5-4-6-8-15/h3-10,13-14H,1,11-12H2,2H3/t13-,14-/m0/s1. The Morgan fingerprint density at radius 3 is 2.79 bits per heavy atom. The summed E-state index contributed by atoms with van der Waals surface area (Å²) < 4.78 is 0.